The second-order valence-electron chi connectivity index (χ2n) is 5.46. The van der Waals surface area contributed by atoms with E-state index in [4.69, 9.17) is 4.74 Å². The number of nitrogens with one attached hydrogen (secondary N) is 2. The molecule has 140 valence electrons. The highest BCUT2D eigenvalue weighted by Crippen LogP contribution is 2.25. The molecule has 3 N–H and O–H groups in total. The van der Waals surface area contributed by atoms with E-state index in [9.17, 15) is 23.1 Å². The van der Waals surface area contributed by atoms with Crippen LogP contribution in [0.25, 0.3) is 0 Å². The van der Waals surface area contributed by atoms with Crippen molar-refractivity contribution in [1.29, 1.82) is 0 Å². The van der Waals surface area contributed by atoms with E-state index in [0.717, 1.165) is 0 Å². The van der Waals surface area contributed by atoms with Crippen molar-refractivity contribution >= 4 is 21.9 Å². The molecule has 0 aromatic heterocycles. The van der Waals surface area contributed by atoms with Gasteiger partial charge >= 0.3 is 5.97 Å². The smallest absolute Gasteiger partial charge is 0.334 e. The second-order valence-corrected chi connectivity index (χ2v) is 7.39. The zero-order valence-corrected chi connectivity index (χ0v) is 15.1. The maximum Gasteiger partial charge on any atom is 0.334 e. The molecule has 0 bridgehead atoms. The Kier molecular flexibility index (Phi) is 8.01. The number of carbonyl (C=O) groups excluding carboxylic acids is 1. The first kappa shape index (κ1) is 21.1. The molecule has 0 spiro atoms. The lowest BCUT2D eigenvalue weighted by Crippen LogP contribution is -2.54. The van der Waals surface area contributed by atoms with Crippen LogP contribution >= 0.6 is 0 Å². The number of benzene rings is 1. The maximum atomic E-state index is 12.1. The van der Waals surface area contributed by atoms with Crippen LogP contribution in [0.2, 0.25) is 0 Å². The van der Waals surface area contributed by atoms with Crippen LogP contribution in [0, 0.1) is 0 Å². The number of carboxylic acids is 1. The Bertz CT molecular complexity index is 677. The van der Waals surface area contributed by atoms with Gasteiger partial charge in [-0.25, -0.2) is 17.9 Å². The van der Waals surface area contributed by atoms with E-state index in [0.29, 0.717) is 18.6 Å². The van der Waals surface area contributed by atoms with Crippen LogP contribution in [-0.4, -0.2) is 51.4 Å². The number of rotatable bonds is 11. The first-order valence-corrected chi connectivity index (χ1v) is 9.49. The van der Waals surface area contributed by atoms with Crippen LogP contribution in [0.5, 0.6) is 0 Å². The Labute approximate surface area is 147 Å². The fraction of sp³-hybridized carbons (Fsp3) is 0.500. The molecule has 1 unspecified atom stereocenters. The van der Waals surface area contributed by atoms with Crippen molar-refractivity contribution < 1.29 is 27.9 Å². The van der Waals surface area contributed by atoms with Crippen LogP contribution < -0.4 is 10.0 Å². The molecule has 1 amide bonds. The van der Waals surface area contributed by atoms with Crippen molar-refractivity contribution in [2.75, 3.05) is 26.0 Å². The SMILES string of the molecule is CCC(NC(=O)CNS(=O)(=O)CCCOC)(C(=O)O)c1ccccc1. The molecular formula is C16H24N2O6S. The maximum absolute atomic E-state index is 12.1. The van der Waals surface area contributed by atoms with Gasteiger partial charge in [0.2, 0.25) is 15.9 Å². The van der Waals surface area contributed by atoms with Gasteiger partial charge in [0.05, 0.1) is 12.3 Å². The first-order valence-electron chi connectivity index (χ1n) is 7.83. The fourth-order valence-electron chi connectivity index (χ4n) is 2.34. The number of sulfonamides is 1. The van der Waals surface area contributed by atoms with E-state index in [1.807, 2.05) is 0 Å². The minimum atomic E-state index is -3.63. The molecule has 0 aliphatic heterocycles. The first-order chi connectivity index (χ1) is 11.8. The van der Waals surface area contributed by atoms with Crippen LogP contribution in [0.4, 0.5) is 0 Å². The van der Waals surface area contributed by atoms with Gasteiger partial charge in [-0.1, -0.05) is 37.3 Å². The summed E-state index contributed by atoms with van der Waals surface area (Å²) in [7, 11) is -2.17. The molecule has 0 saturated heterocycles. The predicted molar refractivity (Wildman–Crippen MR) is 92.5 cm³/mol. The lowest BCUT2D eigenvalue weighted by molar-refractivity contribution is -0.148. The summed E-state index contributed by atoms with van der Waals surface area (Å²) in [5.74, 6) is -2.11. The Morgan fingerprint density at radius 3 is 2.40 bits per heavy atom. The fourth-order valence-corrected chi connectivity index (χ4v) is 3.33. The molecule has 0 heterocycles. The Balaban J connectivity index is 2.79. The van der Waals surface area contributed by atoms with E-state index < -0.39 is 34.0 Å². The van der Waals surface area contributed by atoms with Crippen LogP contribution in [0.15, 0.2) is 30.3 Å². The monoisotopic (exact) mass is 372 g/mol. The highest BCUT2D eigenvalue weighted by atomic mass is 32.2. The third kappa shape index (κ3) is 6.11. The molecule has 0 fully saturated rings. The zero-order valence-electron chi connectivity index (χ0n) is 14.3. The number of ether oxygens (including phenoxy) is 1. The average molecular weight is 372 g/mol. The summed E-state index contributed by atoms with van der Waals surface area (Å²) < 4.78 is 30.5. The molecule has 25 heavy (non-hydrogen) atoms. The normalized spacial score (nSPS) is 13.8. The van der Waals surface area contributed by atoms with Crippen molar-refractivity contribution in [2.24, 2.45) is 0 Å². The lowest BCUT2D eigenvalue weighted by atomic mass is 9.87. The Hall–Kier alpha value is -1.97. The van der Waals surface area contributed by atoms with Crippen molar-refractivity contribution in [2.45, 2.75) is 25.3 Å². The molecule has 0 aliphatic carbocycles. The van der Waals surface area contributed by atoms with Crippen molar-refractivity contribution in [1.82, 2.24) is 10.0 Å². The summed E-state index contributed by atoms with van der Waals surface area (Å²) >= 11 is 0. The minimum absolute atomic E-state index is 0.110. The minimum Gasteiger partial charge on any atom is -0.479 e. The van der Waals surface area contributed by atoms with Crippen LogP contribution in [0.3, 0.4) is 0 Å². The number of methoxy groups -OCH3 is 1. The molecular weight excluding hydrogens is 348 g/mol. The number of carbonyl (C=O) groups is 2. The molecule has 8 nitrogen and oxygen atoms in total. The molecule has 1 atom stereocenters. The summed E-state index contributed by atoms with van der Waals surface area (Å²) in [6.07, 6.45) is 0.407. The van der Waals surface area contributed by atoms with E-state index in [1.165, 1.54) is 7.11 Å². The molecule has 1 aromatic carbocycles. The standard InChI is InChI=1S/C16H24N2O6S/c1-3-16(15(20)21,13-8-5-4-6-9-13)18-14(19)12-17-25(22,23)11-7-10-24-2/h4-6,8-9,17H,3,7,10-12H2,1-2H3,(H,18,19)(H,20,21). The molecule has 0 aliphatic rings. The summed E-state index contributed by atoms with van der Waals surface area (Å²) in [4.78, 5) is 23.9. The molecule has 1 aromatic rings. The van der Waals surface area contributed by atoms with Gasteiger partial charge in [-0.15, -0.1) is 0 Å². The lowest BCUT2D eigenvalue weighted by Gasteiger charge is -2.30. The Morgan fingerprint density at radius 2 is 1.88 bits per heavy atom. The molecule has 0 radical (unpaired) electrons. The summed E-state index contributed by atoms with van der Waals surface area (Å²) in [5, 5.41) is 12.1. The van der Waals surface area contributed by atoms with Gasteiger partial charge in [0.1, 0.15) is 0 Å². The van der Waals surface area contributed by atoms with Crippen LogP contribution in [-0.2, 0) is 29.9 Å². The third-order valence-electron chi connectivity index (χ3n) is 3.73. The quantitative estimate of drug-likeness (QED) is 0.485. The van der Waals surface area contributed by atoms with E-state index in [1.54, 1.807) is 37.3 Å². The highest BCUT2D eigenvalue weighted by Gasteiger charge is 2.40. The van der Waals surface area contributed by atoms with E-state index in [-0.39, 0.29) is 12.2 Å². The molecule has 9 heteroatoms. The Morgan fingerprint density at radius 1 is 1.24 bits per heavy atom. The topological polar surface area (TPSA) is 122 Å². The largest absolute Gasteiger partial charge is 0.479 e. The summed E-state index contributed by atoms with van der Waals surface area (Å²) in [5.41, 5.74) is -1.19. The van der Waals surface area contributed by atoms with Gasteiger partial charge < -0.3 is 15.2 Å². The molecule has 0 saturated carbocycles. The van der Waals surface area contributed by atoms with E-state index >= 15 is 0 Å². The van der Waals surface area contributed by atoms with Crippen molar-refractivity contribution in [3.8, 4) is 0 Å². The second kappa shape index (κ2) is 9.50. The van der Waals surface area contributed by atoms with Crippen molar-refractivity contribution in [3.05, 3.63) is 35.9 Å². The third-order valence-corrected chi connectivity index (χ3v) is 5.14. The van der Waals surface area contributed by atoms with E-state index in [2.05, 4.69) is 10.0 Å². The van der Waals surface area contributed by atoms with Gasteiger partial charge in [0.15, 0.2) is 5.54 Å². The number of aliphatic carboxylic acids is 1. The molecule has 1 rings (SSSR count). The van der Waals surface area contributed by atoms with Gasteiger partial charge in [-0.2, -0.15) is 0 Å². The van der Waals surface area contributed by atoms with Crippen molar-refractivity contribution in [3.63, 3.8) is 0 Å². The number of hydrogen-bond acceptors (Lipinski definition) is 5. The van der Waals surface area contributed by atoms with Gasteiger partial charge in [-0.05, 0) is 18.4 Å². The number of carboxylic acid groups (broad SMARTS) is 1. The number of amides is 1. The zero-order chi connectivity index (χ0) is 18.9. The highest BCUT2D eigenvalue weighted by molar-refractivity contribution is 7.89. The summed E-state index contributed by atoms with van der Waals surface area (Å²) in [6.45, 7) is 1.40. The number of hydrogen-bond donors (Lipinski definition) is 3. The van der Waals surface area contributed by atoms with Crippen LogP contribution in [0.1, 0.15) is 25.3 Å². The predicted octanol–water partition coefficient (Wildman–Crippen LogP) is 0.449. The van der Waals surface area contributed by atoms with Gasteiger partial charge in [0.25, 0.3) is 0 Å². The average Bonchev–Trinajstić information content (AvgIpc) is 2.58. The van der Waals surface area contributed by atoms with Gasteiger partial charge in [0, 0.05) is 13.7 Å². The summed E-state index contributed by atoms with van der Waals surface area (Å²) in [6, 6.07) is 8.29. The van der Waals surface area contributed by atoms with Gasteiger partial charge in [-0.3, -0.25) is 4.79 Å².